The minimum Gasteiger partial charge on any atom is -0.476 e. The van der Waals surface area contributed by atoms with E-state index in [1.807, 2.05) is 30.5 Å². The van der Waals surface area contributed by atoms with E-state index in [0.29, 0.717) is 56.2 Å². The third kappa shape index (κ3) is 6.08. The second-order valence-corrected chi connectivity index (χ2v) is 12.4. The molecule has 204 valence electrons. The van der Waals surface area contributed by atoms with Gasteiger partial charge in [-0.2, -0.15) is 4.99 Å². The Labute approximate surface area is 225 Å². The molecule has 0 saturated carbocycles. The smallest absolute Gasteiger partial charge is 0.278 e. The molecule has 1 amide bonds. The maximum atomic E-state index is 13.0. The van der Waals surface area contributed by atoms with E-state index in [4.69, 9.17) is 4.74 Å². The Morgan fingerprint density at radius 3 is 2.53 bits per heavy atom. The monoisotopic (exact) mass is 539 g/mol. The number of hydrogen-bond acceptors (Lipinski definition) is 6. The van der Waals surface area contributed by atoms with Gasteiger partial charge < -0.3 is 9.64 Å². The highest BCUT2D eigenvalue weighted by Crippen LogP contribution is 2.36. The number of amidine groups is 1. The lowest BCUT2D eigenvalue weighted by Crippen LogP contribution is -2.48. The van der Waals surface area contributed by atoms with Gasteiger partial charge in [-0.25, -0.2) is 17.7 Å². The van der Waals surface area contributed by atoms with Crippen molar-refractivity contribution in [2.45, 2.75) is 51.5 Å². The van der Waals surface area contributed by atoms with Crippen LogP contribution < -0.4 is 9.64 Å². The third-order valence-electron chi connectivity index (χ3n) is 7.73. The number of piperidine rings is 2. The summed E-state index contributed by atoms with van der Waals surface area (Å²) in [7, 11) is -3.23. The highest BCUT2D eigenvalue weighted by molar-refractivity contribution is 7.89. The highest BCUT2D eigenvalue weighted by atomic mass is 32.2. The quantitative estimate of drug-likeness (QED) is 0.508. The van der Waals surface area contributed by atoms with Crippen LogP contribution in [0.25, 0.3) is 0 Å². The Kier molecular flexibility index (Phi) is 8.40. The molecule has 5 rings (SSSR count). The predicted octanol–water partition coefficient (Wildman–Crippen LogP) is 3.36. The van der Waals surface area contributed by atoms with Gasteiger partial charge in [0.1, 0.15) is 12.4 Å². The number of hydrogen-bond donors (Lipinski definition) is 0. The molecule has 0 spiro atoms. The average Bonchev–Trinajstić information content (AvgIpc) is 3.31. The van der Waals surface area contributed by atoms with Gasteiger partial charge in [0.05, 0.1) is 11.4 Å². The van der Waals surface area contributed by atoms with Gasteiger partial charge in [-0.1, -0.05) is 24.6 Å². The minimum absolute atomic E-state index is 0.0329. The lowest BCUT2D eigenvalue weighted by atomic mass is 10.0. The molecule has 1 aromatic heterocycles. The number of sulfonamides is 1. The number of fused-ring (bicyclic) bond motifs is 1. The van der Waals surface area contributed by atoms with Gasteiger partial charge in [-0.15, -0.1) is 0 Å². The van der Waals surface area contributed by atoms with Crippen LogP contribution in [0.4, 0.5) is 5.69 Å². The maximum Gasteiger partial charge on any atom is 0.278 e. The molecular formula is C28H37N5O4S. The van der Waals surface area contributed by atoms with Gasteiger partial charge >= 0.3 is 0 Å². The molecule has 2 aromatic rings. The first-order chi connectivity index (χ1) is 18.4. The number of nitrogens with zero attached hydrogens (tertiary/aromatic N) is 5. The largest absolute Gasteiger partial charge is 0.476 e. The summed E-state index contributed by atoms with van der Waals surface area (Å²) in [5.74, 6) is 1.06. The van der Waals surface area contributed by atoms with Crippen molar-refractivity contribution in [2.24, 2.45) is 4.99 Å². The standard InChI is InChI=1S/C28H37N5O4S/c1-2-38(35,36)32-15-11-24(12-16-32)33-25-20-27(37-18-17-31-13-7-4-8-14-31)29-21-23(25)19-26(33)30-28(34)22-9-5-3-6-10-22/h3,5-6,9-10,20-21,24H,2,4,7-8,11-19H2,1H3. The zero-order chi connectivity index (χ0) is 26.5. The molecule has 3 aliphatic rings. The molecule has 0 N–H and O–H groups in total. The van der Waals surface area contributed by atoms with Crippen LogP contribution >= 0.6 is 0 Å². The summed E-state index contributed by atoms with van der Waals surface area (Å²) >= 11 is 0. The summed E-state index contributed by atoms with van der Waals surface area (Å²) in [6.07, 6.45) is 7.44. The van der Waals surface area contributed by atoms with E-state index in [9.17, 15) is 13.2 Å². The number of benzene rings is 1. The van der Waals surface area contributed by atoms with E-state index < -0.39 is 10.0 Å². The van der Waals surface area contributed by atoms with Crippen molar-refractivity contribution in [1.82, 2.24) is 14.2 Å². The first kappa shape index (κ1) is 26.8. The van der Waals surface area contributed by atoms with Crippen molar-refractivity contribution in [3.05, 3.63) is 53.7 Å². The van der Waals surface area contributed by atoms with Crippen LogP contribution in [0.5, 0.6) is 5.88 Å². The van der Waals surface area contributed by atoms with Crippen LogP contribution in [0.15, 0.2) is 47.6 Å². The zero-order valence-corrected chi connectivity index (χ0v) is 22.9. The number of amides is 1. The summed E-state index contributed by atoms with van der Waals surface area (Å²) in [5.41, 5.74) is 2.49. The summed E-state index contributed by atoms with van der Waals surface area (Å²) in [5, 5.41) is 0. The molecule has 4 heterocycles. The van der Waals surface area contributed by atoms with E-state index in [-0.39, 0.29) is 17.7 Å². The first-order valence-electron chi connectivity index (χ1n) is 13.7. The molecule has 3 aliphatic heterocycles. The molecule has 38 heavy (non-hydrogen) atoms. The van der Waals surface area contributed by atoms with Crippen LogP contribution in [0, 0.1) is 0 Å². The van der Waals surface area contributed by atoms with Crippen molar-refractivity contribution in [3.63, 3.8) is 0 Å². The third-order valence-corrected chi connectivity index (χ3v) is 9.61. The van der Waals surface area contributed by atoms with E-state index >= 15 is 0 Å². The summed E-state index contributed by atoms with van der Waals surface area (Å²) < 4.78 is 32.5. The van der Waals surface area contributed by atoms with Crippen LogP contribution in [-0.4, -0.2) is 85.5 Å². The first-order valence-corrected chi connectivity index (χ1v) is 15.3. The molecular weight excluding hydrogens is 502 g/mol. The Hall–Kier alpha value is -2.82. The van der Waals surface area contributed by atoms with Gasteiger partial charge in [0.15, 0.2) is 0 Å². The van der Waals surface area contributed by atoms with Gasteiger partial charge in [0.25, 0.3) is 5.91 Å². The van der Waals surface area contributed by atoms with Crippen molar-refractivity contribution in [2.75, 3.05) is 50.0 Å². The summed E-state index contributed by atoms with van der Waals surface area (Å²) in [6.45, 7) is 6.29. The number of likely N-dealkylation sites (tertiary alicyclic amines) is 1. The topological polar surface area (TPSA) is 95.4 Å². The van der Waals surface area contributed by atoms with Crippen molar-refractivity contribution in [1.29, 1.82) is 0 Å². The van der Waals surface area contributed by atoms with Gasteiger partial charge in [0.2, 0.25) is 15.9 Å². The Bertz CT molecular complexity index is 1250. The van der Waals surface area contributed by atoms with Crippen molar-refractivity contribution < 1.29 is 17.9 Å². The van der Waals surface area contributed by atoms with E-state index in [2.05, 4.69) is 19.8 Å². The van der Waals surface area contributed by atoms with Crippen LogP contribution in [0.3, 0.4) is 0 Å². The van der Waals surface area contributed by atoms with Gasteiger partial charge in [-0.05, 0) is 57.8 Å². The molecule has 1 aromatic carbocycles. The summed E-state index contributed by atoms with van der Waals surface area (Å²) in [6, 6.07) is 11.1. The van der Waals surface area contributed by atoms with E-state index in [1.54, 1.807) is 23.4 Å². The molecule has 0 aliphatic carbocycles. The second-order valence-electron chi connectivity index (χ2n) is 10.2. The Balaban J connectivity index is 1.36. The SMILES string of the molecule is CCS(=O)(=O)N1CCC(N2C(=NC(=O)c3ccccc3)Cc3cnc(OCCN4CCCCC4)cc32)CC1. The lowest BCUT2D eigenvalue weighted by molar-refractivity contribution is 0.100. The molecule has 2 fully saturated rings. The molecule has 2 saturated heterocycles. The Morgan fingerprint density at radius 2 is 1.82 bits per heavy atom. The number of rotatable bonds is 8. The van der Waals surface area contributed by atoms with E-state index in [0.717, 1.165) is 30.9 Å². The zero-order valence-electron chi connectivity index (χ0n) is 22.1. The Morgan fingerprint density at radius 1 is 1.08 bits per heavy atom. The fraction of sp³-hybridized carbons (Fsp3) is 0.536. The fourth-order valence-electron chi connectivity index (χ4n) is 5.58. The minimum atomic E-state index is -3.23. The number of ether oxygens (including phenoxy) is 1. The highest BCUT2D eigenvalue weighted by Gasteiger charge is 2.36. The normalized spacial score (nSPS) is 20.6. The number of anilines is 1. The average molecular weight is 540 g/mol. The van der Waals surface area contributed by atoms with Crippen LogP contribution in [0.2, 0.25) is 0 Å². The number of aromatic nitrogens is 1. The molecule has 10 heteroatoms. The lowest BCUT2D eigenvalue weighted by Gasteiger charge is -2.37. The maximum absolute atomic E-state index is 13.0. The van der Waals surface area contributed by atoms with Gasteiger partial charge in [-0.3, -0.25) is 9.69 Å². The number of carbonyl (C=O) groups excluding carboxylic acids is 1. The molecule has 0 radical (unpaired) electrons. The number of carbonyl (C=O) groups is 1. The van der Waals surface area contributed by atoms with Gasteiger partial charge in [0, 0.05) is 55.5 Å². The van der Waals surface area contributed by atoms with E-state index in [1.165, 1.54) is 19.3 Å². The van der Waals surface area contributed by atoms with Crippen LogP contribution in [0.1, 0.15) is 54.9 Å². The van der Waals surface area contributed by atoms with Crippen LogP contribution in [-0.2, 0) is 16.4 Å². The second kappa shape index (κ2) is 11.9. The molecule has 9 nitrogen and oxygen atoms in total. The molecule has 0 bridgehead atoms. The molecule has 0 unspecified atom stereocenters. The number of pyridine rings is 1. The van der Waals surface area contributed by atoms with Crippen molar-refractivity contribution in [3.8, 4) is 5.88 Å². The number of aliphatic imine (C=N–C) groups is 1. The summed E-state index contributed by atoms with van der Waals surface area (Å²) in [4.78, 5) is 26.7. The molecule has 0 atom stereocenters. The van der Waals surface area contributed by atoms with Crippen molar-refractivity contribution >= 4 is 27.5 Å². The predicted molar refractivity (Wildman–Crippen MR) is 148 cm³/mol. The fourth-order valence-corrected chi connectivity index (χ4v) is 6.71.